The molecule has 0 radical (unpaired) electrons. The summed E-state index contributed by atoms with van der Waals surface area (Å²) < 4.78 is 0.471. The molecule has 0 saturated carbocycles. The minimum absolute atomic E-state index is 0.0359. The molecule has 1 aromatic heterocycles. The maximum absolute atomic E-state index is 13.0. The first-order valence-electron chi connectivity index (χ1n) is 8.00. The Morgan fingerprint density at radius 1 is 0.808 bits per heavy atom. The number of anilines is 2. The molecule has 1 aliphatic rings. The van der Waals surface area contributed by atoms with Crippen molar-refractivity contribution in [1.82, 2.24) is 0 Å². The van der Waals surface area contributed by atoms with Crippen LogP contribution in [-0.4, -0.2) is 37.7 Å². The molecular weight excluding hydrogens is 340 g/mol. The highest BCUT2D eigenvalue weighted by atomic mass is 16.5. The Kier molecular flexibility index (Phi) is 4.69. The summed E-state index contributed by atoms with van der Waals surface area (Å²) in [6.45, 7) is 1.35. The van der Waals surface area contributed by atoms with Crippen LogP contribution in [0.3, 0.4) is 0 Å². The smallest absolute Gasteiger partial charge is 0.342 e. The first-order chi connectivity index (χ1) is 12.5. The summed E-state index contributed by atoms with van der Waals surface area (Å²) in [7, 11) is 0. The van der Waals surface area contributed by atoms with Gasteiger partial charge in [0.25, 0.3) is 11.6 Å². The van der Waals surface area contributed by atoms with Crippen LogP contribution in [0.25, 0.3) is 0 Å². The molecule has 136 valence electrons. The van der Waals surface area contributed by atoms with Gasteiger partial charge in [-0.3, -0.25) is 9.59 Å². The molecule has 10 nitrogen and oxygen atoms in total. The summed E-state index contributed by atoms with van der Waals surface area (Å²) in [5.41, 5.74) is 10.8. The summed E-state index contributed by atoms with van der Waals surface area (Å²) in [5, 5.41) is 30.1. The predicted octanol–water partition coefficient (Wildman–Crippen LogP) is -1.53. The van der Waals surface area contributed by atoms with E-state index in [1.807, 2.05) is 0 Å². The molecule has 0 fully saturated rings. The topological polar surface area (TPSA) is 164 Å². The van der Waals surface area contributed by atoms with Crippen LogP contribution in [0.5, 0.6) is 0 Å². The SMILES string of the molecule is NCCNc1ccc(NCCN)c2c1C(=O)c1c([n+]([O-])cc[n+]1[O-])C2=O. The van der Waals surface area contributed by atoms with Crippen LogP contribution in [0.2, 0.25) is 0 Å². The maximum Gasteiger partial charge on any atom is 0.342 e. The summed E-state index contributed by atoms with van der Waals surface area (Å²) in [4.78, 5) is 26.0. The summed E-state index contributed by atoms with van der Waals surface area (Å²) in [6.07, 6.45) is 1.79. The molecular formula is C16H18N6O4. The lowest BCUT2D eigenvalue weighted by Gasteiger charge is -2.21. The van der Waals surface area contributed by atoms with E-state index in [2.05, 4.69) is 10.6 Å². The third-order valence-corrected chi connectivity index (χ3v) is 4.01. The number of hydrogen-bond donors (Lipinski definition) is 4. The van der Waals surface area contributed by atoms with E-state index < -0.39 is 23.0 Å². The minimum Gasteiger partial charge on any atom is -0.618 e. The Morgan fingerprint density at radius 3 is 1.54 bits per heavy atom. The molecule has 0 amide bonds. The summed E-state index contributed by atoms with van der Waals surface area (Å²) in [5.74, 6) is -1.41. The quantitative estimate of drug-likeness (QED) is 0.304. The van der Waals surface area contributed by atoms with E-state index in [4.69, 9.17) is 11.5 Å². The van der Waals surface area contributed by atoms with Crippen molar-refractivity contribution in [1.29, 1.82) is 0 Å². The zero-order chi connectivity index (χ0) is 18.8. The largest absolute Gasteiger partial charge is 0.618 e. The second-order valence-electron chi connectivity index (χ2n) is 5.65. The lowest BCUT2D eigenvalue weighted by molar-refractivity contribution is -0.667. The molecule has 0 bridgehead atoms. The fourth-order valence-corrected chi connectivity index (χ4v) is 2.91. The van der Waals surface area contributed by atoms with Crippen LogP contribution >= 0.6 is 0 Å². The zero-order valence-corrected chi connectivity index (χ0v) is 13.8. The number of nitrogens with two attached hydrogens (primary N) is 2. The molecule has 10 heteroatoms. The van der Waals surface area contributed by atoms with Crippen LogP contribution < -0.4 is 31.6 Å². The van der Waals surface area contributed by atoms with Gasteiger partial charge in [-0.25, -0.2) is 0 Å². The van der Waals surface area contributed by atoms with Crippen molar-refractivity contribution in [2.24, 2.45) is 11.5 Å². The maximum atomic E-state index is 13.0. The van der Waals surface area contributed by atoms with Crippen molar-refractivity contribution in [2.45, 2.75) is 0 Å². The van der Waals surface area contributed by atoms with E-state index >= 15 is 0 Å². The molecule has 0 atom stereocenters. The van der Waals surface area contributed by atoms with Gasteiger partial charge in [0.15, 0.2) is 0 Å². The van der Waals surface area contributed by atoms with Gasteiger partial charge in [-0.1, -0.05) is 0 Å². The monoisotopic (exact) mass is 358 g/mol. The third-order valence-electron chi connectivity index (χ3n) is 4.01. The fourth-order valence-electron chi connectivity index (χ4n) is 2.91. The Morgan fingerprint density at radius 2 is 1.19 bits per heavy atom. The number of ketones is 2. The van der Waals surface area contributed by atoms with Crippen molar-refractivity contribution < 1.29 is 19.0 Å². The third kappa shape index (κ3) is 2.70. The van der Waals surface area contributed by atoms with E-state index in [9.17, 15) is 20.0 Å². The van der Waals surface area contributed by atoms with Gasteiger partial charge in [0, 0.05) is 37.6 Å². The number of rotatable bonds is 6. The molecule has 1 aliphatic carbocycles. The molecule has 26 heavy (non-hydrogen) atoms. The van der Waals surface area contributed by atoms with Crippen molar-refractivity contribution in [2.75, 3.05) is 36.8 Å². The number of hydrogen-bond acceptors (Lipinski definition) is 8. The van der Waals surface area contributed by atoms with Gasteiger partial charge in [-0.05, 0) is 12.1 Å². The van der Waals surface area contributed by atoms with E-state index in [-0.39, 0.29) is 20.6 Å². The minimum atomic E-state index is -0.703. The van der Waals surface area contributed by atoms with Gasteiger partial charge in [0.05, 0.1) is 11.1 Å². The molecule has 0 unspecified atom stereocenters. The van der Waals surface area contributed by atoms with Crippen molar-refractivity contribution in [3.8, 4) is 0 Å². The van der Waals surface area contributed by atoms with Gasteiger partial charge in [-0.2, -0.15) is 9.46 Å². The number of benzene rings is 1. The van der Waals surface area contributed by atoms with E-state index in [1.54, 1.807) is 12.1 Å². The summed E-state index contributed by atoms with van der Waals surface area (Å²) >= 11 is 0. The highest BCUT2D eigenvalue weighted by Crippen LogP contribution is 2.34. The van der Waals surface area contributed by atoms with Crippen molar-refractivity contribution in [3.63, 3.8) is 0 Å². The predicted molar refractivity (Wildman–Crippen MR) is 92.8 cm³/mol. The number of fused-ring (bicyclic) bond motifs is 2. The fraction of sp³-hybridized carbons (Fsp3) is 0.250. The molecule has 6 N–H and O–H groups in total. The summed E-state index contributed by atoms with van der Waals surface area (Å²) in [6, 6.07) is 3.24. The Bertz CT molecular complexity index is 827. The number of nitrogens with zero attached hydrogens (tertiary/aromatic N) is 2. The standard InChI is InChI=1S/C16H18N6O4/c17-3-5-19-9-1-2-10(20-6-4-18)12-11(9)15(23)13-14(16(12)24)22(26)8-7-21(13)25/h1-2,7-8,19-20H,3-6,17-18H2. The molecule has 1 aromatic carbocycles. The number of nitrogens with one attached hydrogen (secondary N) is 2. The Labute approximate surface area is 148 Å². The van der Waals surface area contributed by atoms with Crippen molar-refractivity contribution >= 4 is 22.9 Å². The van der Waals surface area contributed by atoms with Gasteiger partial charge < -0.3 is 32.5 Å². The molecule has 0 saturated heterocycles. The highest BCUT2D eigenvalue weighted by molar-refractivity contribution is 6.29. The Balaban J connectivity index is 2.26. The molecule has 1 heterocycles. The van der Waals surface area contributed by atoms with Crippen LogP contribution in [0.15, 0.2) is 24.5 Å². The first-order valence-corrected chi connectivity index (χ1v) is 8.00. The van der Waals surface area contributed by atoms with Crippen LogP contribution in [-0.2, 0) is 0 Å². The number of carbonyl (C=O) groups excluding carboxylic acids is 2. The molecule has 3 rings (SSSR count). The molecule has 2 aromatic rings. The van der Waals surface area contributed by atoms with E-state index in [1.165, 1.54) is 0 Å². The average molecular weight is 358 g/mol. The van der Waals surface area contributed by atoms with Crippen LogP contribution in [0.1, 0.15) is 32.1 Å². The number of aromatic nitrogens is 2. The first kappa shape index (κ1) is 17.6. The molecule has 0 spiro atoms. The van der Waals surface area contributed by atoms with Gasteiger partial charge in [0.1, 0.15) is 0 Å². The second-order valence-corrected chi connectivity index (χ2v) is 5.65. The van der Waals surface area contributed by atoms with Crippen LogP contribution in [0, 0.1) is 10.4 Å². The lowest BCUT2D eigenvalue weighted by Crippen LogP contribution is -2.50. The van der Waals surface area contributed by atoms with Gasteiger partial charge in [0.2, 0.25) is 12.4 Å². The number of carbonyl (C=O) groups is 2. The highest BCUT2D eigenvalue weighted by Gasteiger charge is 2.45. The van der Waals surface area contributed by atoms with Gasteiger partial charge in [-0.15, -0.1) is 0 Å². The average Bonchev–Trinajstić information content (AvgIpc) is 2.64. The molecule has 0 aliphatic heterocycles. The zero-order valence-electron chi connectivity index (χ0n) is 13.8. The van der Waals surface area contributed by atoms with E-state index in [0.717, 1.165) is 12.4 Å². The normalized spacial score (nSPS) is 12.5. The van der Waals surface area contributed by atoms with Crippen LogP contribution in [0.4, 0.5) is 11.4 Å². The Hall–Kier alpha value is -3.24. The lowest BCUT2D eigenvalue weighted by atomic mass is 9.87. The second kappa shape index (κ2) is 6.94. The van der Waals surface area contributed by atoms with Crippen molar-refractivity contribution in [3.05, 3.63) is 57.5 Å². The van der Waals surface area contributed by atoms with Gasteiger partial charge >= 0.3 is 11.4 Å². The van der Waals surface area contributed by atoms with E-state index in [0.29, 0.717) is 37.6 Å².